The molecule has 4 aliphatic carbocycles. The summed E-state index contributed by atoms with van der Waals surface area (Å²) >= 11 is -4.37. The second-order valence-corrected chi connectivity index (χ2v) is 31.3. The van der Waals surface area contributed by atoms with Crippen molar-refractivity contribution in [1.82, 2.24) is 0 Å². The minimum absolute atomic E-state index is 0. The van der Waals surface area contributed by atoms with Crippen LogP contribution in [0.5, 0.6) is 0 Å². The Hall–Kier alpha value is -2.05. The van der Waals surface area contributed by atoms with Crippen molar-refractivity contribution in [3.05, 3.63) is 118 Å². The van der Waals surface area contributed by atoms with Gasteiger partial charge in [-0.15, -0.1) is 24.8 Å². The first-order valence-electron chi connectivity index (χ1n) is 17.2. The summed E-state index contributed by atoms with van der Waals surface area (Å²) in [4.78, 5) is 0. The molecule has 1 atom stereocenters. The van der Waals surface area contributed by atoms with Crippen molar-refractivity contribution < 1.29 is 18.3 Å². The first-order valence-corrected chi connectivity index (χ1v) is 25.1. The van der Waals surface area contributed by atoms with Crippen molar-refractivity contribution in [3.8, 4) is 11.1 Å². The topological polar surface area (TPSA) is 0 Å². The van der Waals surface area contributed by atoms with E-state index in [4.69, 9.17) is 4.21 Å². The molecule has 0 nitrogen and oxygen atoms in total. The normalized spacial score (nSPS) is 20.3. The Morgan fingerprint density at radius 2 is 1.40 bits per heavy atom. The Kier molecular flexibility index (Phi) is 8.66. The molecule has 248 valence electrons. The molecule has 1 unspecified atom stereocenters. The summed E-state index contributed by atoms with van der Waals surface area (Å²) in [6, 6.07) is 21.7. The molecular weight excluding hydrogens is 691 g/mol. The number of rotatable bonds is 4. The van der Waals surface area contributed by atoms with Crippen LogP contribution in [-0.2, 0) is 35.5 Å². The van der Waals surface area contributed by atoms with Crippen LogP contribution in [0.1, 0.15) is 109 Å². The van der Waals surface area contributed by atoms with Crippen molar-refractivity contribution >= 4 is 43.4 Å². The van der Waals surface area contributed by atoms with E-state index in [1.165, 1.54) is 64.5 Å². The van der Waals surface area contributed by atoms with Gasteiger partial charge in [0.2, 0.25) is 0 Å². The van der Waals surface area contributed by atoms with Crippen LogP contribution in [0.2, 0.25) is 4.63 Å². The van der Waals surface area contributed by atoms with Crippen molar-refractivity contribution in [2.45, 2.75) is 97.5 Å². The molecule has 0 amide bonds. The molecule has 4 aliphatic rings. The first-order chi connectivity index (χ1) is 20.9. The minimum atomic E-state index is -4.37. The molecule has 3 heteroatoms. The van der Waals surface area contributed by atoms with Crippen LogP contribution in [0, 0.1) is 11.3 Å². The fraction of sp³-hybridized carbons (Fsp3) is 0.386. The molecule has 0 fully saturated rings. The van der Waals surface area contributed by atoms with E-state index in [1.54, 1.807) is 6.56 Å². The van der Waals surface area contributed by atoms with Crippen LogP contribution in [0.4, 0.5) is 0 Å². The maximum absolute atomic E-state index is 5.60. The third kappa shape index (κ3) is 4.95. The van der Waals surface area contributed by atoms with Gasteiger partial charge in [0, 0.05) is 0 Å². The zero-order valence-electron chi connectivity index (χ0n) is 30.4. The SMILES string of the molecule is Cl.Cl.[CH2]=[Zr]([CH3])([C]1=CC(C(C)(C)C)=CC1CC)([C]1=C(C)c2cc3c(cc2C1(C)C)Cc1cc2c(cc1-3)C(C)=CC2(C)C)[c]1ccccc1. The molecule has 0 radical (unpaired) electrons. The van der Waals surface area contributed by atoms with Crippen LogP contribution >= 0.6 is 24.8 Å². The fourth-order valence-corrected chi connectivity index (χ4v) is 27.0. The molecule has 0 N–H and O–H groups in total. The third-order valence-corrected chi connectivity index (χ3v) is 27.9. The number of allylic oxidation sites excluding steroid dienone is 8. The summed E-state index contributed by atoms with van der Waals surface area (Å²) in [5.41, 5.74) is 16.2. The average Bonchev–Trinajstić information content (AvgIpc) is 3.67. The molecule has 0 spiro atoms. The predicted octanol–water partition coefficient (Wildman–Crippen LogP) is 12.2. The summed E-state index contributed by atoms with van der Waals surface area (Å²) in [5.74, 6) is 0.437. The second-order valence-electron chi connectivity index (χ2n) is 17.3. The summed E-state index contributed by atoms with van der Waals surface area (Å²) in [5, 5.41) is 0. The van der Waals surface area contributed by atoms with Crippen LogP contribution in [0.25, 0.3) is 22.3 Å². The van der Waals surface area contributed by atoms with Crippen molar-refractivity contribution in [2.75, 3.05) is 0 Å². The summed E-state index contributed by atoms with van der Waals surface area (Å²) in [6.45, 7) is 23.9. The van der Waals surface area contributed by atoms with Gasteiger partial charge in [0.15, 0.2) is 0 Å². The number of halogens is 2. The van der Waals surface area contributed by atoms with Crippen LogP contribution in [0.15, 0.2) is 85.0 Å². The summed E-state index contributed by atoms with van der Waals surface area (Å²) < 4.78 is 13.0. The van der Waals surface area contributed by atoms with Crippen molar-refractivity contribution in [2.24, 2.45) is 11.3 Å². The molecule has 0 aliphatic heterocycles. The van der Waals surface area contributed by atoms with E-state index in [2.05, 4.69) is 147 Å². The third-order valence-electron chi connectivity index (χ3n) is 12.3. The number of hydrogen-bond donors (Lipinski definition) is 0. The standard InChI is InChI=1S/C25H25.C11H17.C6H5.CH3.CH2.2ClH.Zr/c1-14-12-24(3,4)22-8-16-7-17-9-23-19(15(2)13-25(23,5)6)11-21(17)20(16)10-18(14)22;1-5-9-6-7-10(8-9)11(2,3)4;1-2-4-6-5-3-1;;;;;/h8-12H,7H2,1-6H3;7-9H,5H2,1-4H3;1-5H;1H3;1H2;2*1H;. The van der Waals surface area contributed by atoms with E-state index < -0.39 is 18.3 Å². The molecule has 3 aromatic carbocycles. The molecule has 0 heterocycles. The zero-order chi connectivity index (χ0) is 32.5. The van der Waals surface area contributed by atoms with Gasteiger partial charge in [0.1, 0.15) is 0 Å². The Balaban J connectivity index is 0.00000217. The number of hydrogen-bond acceptors (Lipinski definition) is 0. The first kappa shape index (κ1) is 36.2. The van der Waals surface area contributed by atoms with Gasteiger partial charge in [-0.25, -0.2) is 0 Å². The second kappa shape index (κ2) is 11.2. The molecule has 0 aromatic heterocycles. The van der Waals surface area contributed by atoms with E-state index >= 15 is 0 Å². The molecule has 47 heavy (non-hydrogen) atoms. The van der Waals surface area contributed by atoms with Gasteiger partial charge < -0.3 is 0 Å². The van der Waals surface area contributed by atoms with Gasteiger partial charge in [-0.3, -0.25) is 0 Å². The zero-order valence-corrected chi connectivity index (χ0v) is 34.5. The van der Waals surface area contributed by atoms with Gasteiger partial charge in [-0.1, -0.05) is 0 Å². The summed E-state index contributed by atoms with van der Waals surface area (Å²) in [6.07, 6.45) is 9.80. The van der Waals surface area contributed by atoms with Gasteiger partial charge >= 0.3 is 275 Å². The molecule has 7 rings (SSSR count). The number of fused-ring (bicyclic) bond motifs is 5. The van der Waals surface area contributed by atoms with Crippen LogP contribution < -0.4 is 3.27 Å². The Bertz CT molecular complexity index is 2020. The Labute approximate surface area is 298 Å². The summed E-state index contributed by atoms with van der Waals surface area (Å²) in [7, 11) is 0. The quantitative estimate of drug-likeness (QED) is 0.195. The van der Waals surface area contributed by atoms with Gasteiger partial charge in [-0.2, -0.15) is 0 Å². The van der Waals surface area contributed by atoms with Gasteiger partial charge in [-0.05, 0) is 0 Å². The van der Waals surface area contributed by atoms with Gasteiger partial charge in [0.05, 0.1) is 0 Å². The van der Waals surface area contributed by atoms with Crippen molar-refractivity contribution in [3.63, 3.8) is 0 Å². The van der Waals surface area contributed by atoms with E-state index in [0.717, 1.165) is 12.8 Å². The fourth-order valence-electron chi connectivity index (χ4n) is 10.2. The Morgan fingerprint density at radius 1 is 0.830 bits per heavy atom. The average molecular weight is 745 g/mol. The van der Waals surface area contributed by atoms with E-state index in [0.29, 0.717) is 5.92 Å². The molecule has 3 aromatic rings. The maximum atomic E-state index is 5.60. The van der Waals surface area contributed by atoms with E-state index in [9.17, 15) is 0 Å². The van der Waals surface area contributed by atoms with E-state index in [-0.39, 0.29) is 41.1 Å². The Morgan fingerprint density at radius 3 is 1.98 bits per heavy atom. The molecule has 0 bridgehead atoms. The van der Waals surface area contributed by atoms with Gasteiger partial charge in [0.25, 0.3) is 0 Å². The van der Waals surface area contributed by atoms with Crippen LogP contribution in [0.3, 0.4) is 0 Å². The predicted molar refractivity (Wildman–Crippen MR) is 210 cm³/mol. The molecule has 0 saturated carbocycles. The molecular formula is C44H54Cl2Zr. The number of benzene rings is 3. The van der Waals surface area contributed by atoms with Crippen molar-refractivity contribution in [1.29, 1.82) is 0 Å². The van der Waals surface area contributed by atoms with Crippen LogP contribution in [-0.4, -0.2) is 4.21 Å². The molecule has 0 saturated heterocycles. The van der Waals surface area contributed by atoms with E-state index in [1.807, 2.05) is 0 Å². The monoisotopic (exact) mass is 742 g/mol.